The molecule has 0 radical (unpaired) electrons. The lowest BCUT2D eigenvalue weighted by atomic mass is 10.7. The lowest BCUT2D eigenvalue weighted by Crippen LogP contribution is -2.10. The van der Waals surface area contributed by atoms with Crippen molar-refractivity contribution in [3.8, 4) is 0 Å². The zero-order valence-corrected chi connectivity index (χ0v) is 6.88. The zero-order valence-electron chi connectivity index (χ0n) is 6.88. The molecule has 3 nitrogen and oxygen atoms in total. The van der Waals surface area contributed by atoms with Gasteiger partial charge in [0.05, 0.1) is 6.54 Å². The molecule has 0 spiro atoms. The van der Waals surface area contributed by atoms with Crippen LogP contribution in [0.15, 0.2) is 39.5 Å². The fourth-order valence-electron chi connectivity index (χ4n) is 0. The smallest absolute Gasteiger partial charge is 0.317 e. The first-order valence-corrected chi connectivity index (χ1v) is 2.69. The summed E-state index contributed by atoms with van der Waals surface area (Å²) < 4.78 is 0. The average molecular weight is 159 g/mol. The molecule has 11 heavy (non-hydrogen) atoms. The van der Waals surface area contributed by atoms with E-state index < -0.39 is 5.97 Å². The summed E-state index contributed by atoms with van der Waals surface area (Å²) in [6.07, 6.45) is 0. The van der Waals surface area contributed by atoms with Crippen molar-refractivity contribution in [3.63, 3.8) is 0 Å². The van der Waals surface area contributed by atoms with Gasteiger partial charge < -0.3 is 10.8 Å². The third-order valence-corrected chi connectivity index (χ3v) is 0.175. The van der Waals surface area contributed by atoms with E-state index in [-0.39, 0.29) is 6.54 Å². The van der Waals surface area contributed by atoms with E-state index in [1.807, 2.05) is 0 Å². The quantitative estimate of drug-likeness (QED) is 0.569. The van der Waals surface area contributed by atoms with Crippen LogP contribution in [0.2, 0.25) is 0 Å². The van der Waals surface area contributed by atoms with Crippen molar-refractivity contribution in [1.82, 2.24) is 0 Å². The Morgan fingerprint density at radius 2 is 1.18 bits per heavy atom. The molecule has 0 aliphatic heterocycles. The summed E-state index contributed by atoms with van der Waals surface area (Å²) >= 11 is 0. The van der Waals surface area contributed by atoms with Crippen LogP contribution in [0.5, 0.6) is 0 Å². The molecule has 0 atom stereocenters. The normalized spacial score (nSPS) is 4.45. The summed E-state index contributed by atoms with van der Waals surface area (Å²) in [5, 5.41) is 7.60. The van der Waals surface area contributed by atoms with Crippen molar-refractivity contribution >= 4 is 5.97 Å². The number of carboxylic acids is 1. The second kappa shape index (κ2) is 72.1. The number of carbonyl (C=O) groups is 1. The molecule has 3 heteroatoms. The van der Waals surface area contributed by atoms with Crippen LogP contribution in [0.4, 0.5) is 0 Å². The molecule has 0 amide bonds. The molecule has 0 rings (SSSR count). The van der Waals surface area contributed by atoms with Gasteiger partial charge in [-0.05, 0) is 0 Å². The monoisotopic (exact) mass is 159 g/mol. The zero-order chi connectivity index (χ0) is 10.3. The van der Waals surface area contributed by atoms with E-state index in [0.717, 1.165) is 0 Å². The maximum absolute atomic E-state index is 9.24. The minimum absolute atomic E-state index is 0.278. The highest BCUT2D eigenvalue weighted by atomic mass is 16.4. The fourth-order valence-corrected chi connectivity index (χ4v) is 0. The maximum Gasteiger partial charge on any atom is 0.317 e. The Morgan fingerprint density at radius 3 is 1.18 bits per heavy atom. The third-order valence-electron chi connectivity index (χ3n) is 0.175. The maximum atomic E-state index is 9.24. The Bertz CT molecular complexity index is 69.7. The van der Waals surface area contributed by atoms with Crippen molar-refractivity contribution in [2.24, 2.45) is 5.73 Å². The van der Waals surface area contributed by atoms with E-state index in [2.05, 4.69) is 45.2 Å². The molecular weight excluding hydrogens is 142 g/mol. The van der Waals surface area contributed by atoms with Gasteiger partial charge in [-0.1, -0.05) is 0 Å². The van der Waals surface area contributed by atoms with Crippen molar-refractivity contribution in [3.05, 3.63) is 39.5 Å². The Balaban J connectivity index is -0.0000000350. The average Bonchev–Trinajstić information content (AvgIpc) is 2.15. The Morgan fingerprint density at radius 1 is 1.09 bits per heavy atom. The van der Waals surface area contributed by atoms with Gasteiger partial charge >= 0.3 is 5.97 Å². The van der Waals surface area contributed by atoms with Crippen LogP contribution < -0.4 is 5.73 Å². The van der Waals surface area contributed by atoms with Gasteiger partial charge in [0.1, 0.15) is 0 Å². The first-order chi connectivity index (χ1) is 5.27. The van der Waals surface area contributed by atoms with Gasteiger partial charge in [-0.3, -0.25) is 4.79 Å². The Hall–Kier alpha value is -1.35. The molecule has 3 N–H and O–H groups in total. The van der Waals surface area contributed by atoms with Gasteiger partial charge in [-0.25, -0.2) is 0 Å². The Kier molecular flexibility index (Phi) is 148. The molecular formula is C8H17NO2. The molecule has 0 aromatic carbocycles. The van der Waals surface area contributed by atoms with Gasteiger partial charge in [-0.2, -0.15) is 0 Å². The van der Waals surface area contributed by atoms with E-state index in [4.69, 9.17) is 5.11 Å². The molecule has 0 heterocycles. The lowest BCUT2D eigenvalue weighted by Gasteiger charge is -1.73. The summed E-state index contributed by atoms with van der Waals surface area (Å²) in [5.41, 5.74) is 4.57. The molecule has 0 saturated heterocycles. The molecule has 66 valence electrons. The molecule has 0 saturated carbocycles. The molecule has 0 aromatic heterocycles. The third kappa shape index (κ3) is 905. The molecule has 0 bridgehead atoms. The van der Waals surface area contributed by atoms with Gasteiger partial charge in [-0.15, -0.1) is 39.5 Å². The van der Waals surface area contributed by atoms with Crippen LogP contribution in [0, 0.1) is 0 Å². The number of aliphatic carboxylic acids is 1. The van der Waals surface area contributed by atoms with E-state index in [0.29, 0.717) is 0 Å². The predicted octanol–water partition coefficient (Wildman–Crippen LogP) is 1.44. The van der Waals surface area contributed by atoms with Crippen molar-refractivity contribution in [2.45, 2.75) is 0 Å². The Labute approximate surface area is 68.5 Å². The summed E-state index contributed by atoms with van der Waals surface area (Å²) in [4.78, 5) is 9.24. The highest BCUT2D eigenvalue weighted by Crippen LogP contribution is 1.43. The van der Waals surface area contributed by atoms with Crippen LogP contribution in [0.3, 0.4) is 0 Å². The number of hydrogen-bond acceptors (Lipinski definition) is 2. The SMILES string of the molecule is C=C.C=C.C=C.NCC(=O)O. The minimum Gasteiger partial charge on any atom is -0.480 e. The number of nitrogens with two attached hydrogens (primary N) is 1. The molecule has 0 aliphatic rings. The predicted molar refractivity (Wildman–Crippen MR) is 50.5 cm³/mol. The molecule has 0 aliphatic carbocycles. The largest absolute Gasteiger partial charge is 0.480 e. The lowest BCUT2D eigenvalue weighted by molar-refractivity contribution is -0.135. The van der Waals surface area contributed by atoms with Crippen LogP contribution in [0.25, 0.3) is 0 Å². The first-order valence-electron chi connectivity index (χ1n) is 2.69. The number of rotatable bonds is 1. The minimum atomic E-state index is -0.968. The van der Waals surface area contributed by atoms with Crippen LogP contribution in [-0.2, 0) is 4.79 Å². The second-order valence-electron chi connectivity index (χ2n) is 0.598. The molecule has 0 unspecified atom stereocenters. The van der Waals surface area contributed by atoms with Crippen molar-refractivity contribution < 1.29 is 9.90 Å². The number of hydrogen-bond donors (Lipinski definition) is 2. The second-order valence-corrected chi connectivity index (χ2v) is 0.598. The van der Waals surface area contributed by atoms with Crippen LogP contribution >= 0.6 is 0 Å². The van der Waals surface area contributed by atoms with E-state index in [1.165, 1.54) is 0 Å². The van der Waals surface area contributed by atoms with Crippen molar-refractivity contribution in [2.75, 3.05) is 6.54 Å². The fraction of sp³-hybridized carbons (Fsp3) is 0.125. The summed E-state index contributed by atoms with van der Waals surface area (Å²) in [6.45, 7) is 17.7. The highest BCUT2D eigenvalue weighted by Gasteiger charge is 1.81. The molecule has 0 fully saturated rings. The van der Waals surface area contributed by atoms with Crippen LogP contribution in [-0.4, -0.2) is 17.6 Å². The van der Waals surface area contributed by atoms with Gasteiger partial charge in [0, 0.05) is 0 Å². The van der Waals surface area contributed by atoms with Gasteiger partial charge in [0.15, 0.2) is 0 Å². The van der Waals surface area contributed by atoms with Crippen LogP contribution in [0.1, 0.15) is 0 Å². The van der Waals surface area contributed by atoms with E-state index >= 15 is 0 Å². The standard InChI is InChI=1S/C2H5NO2.3C2H4/c3-1-2(4)5;3*1-2/h1,3H2,(H,4,5);3*1-2H2. The topological polar surface area (TPSA) is 63.3 Å². The van der Waals surface area contributed by atoms with Gasteiger partial charge in [0.2, 0.25) is 0 Å². The van der Waals surface area contributed by atoms with E-state index in [9.17, 15) is 4.79 Å². The summed E-state index contributed by atoms with van der Waals surface area (Å²) in [5.74, 6) is -0.968. The molecule has 0 aromatic rings. The van der Waals surface area contributed by atoms with E-state index in [1.54, 1.807) is 0 Å². The summed E-state index contributed by atoms with van der Waals surface area (Å²) in [7, 11) is 0. The first kappa shape index (κ1) is 22.6. The van der Waals surface area contributed by atoms with Gasteiger partial charge in [0.25, 0.3) is 0 Å². The van der Waals surface area contributed by atoms with Crippen molar-refractivity contribution in [1.29, 1.82) is 0 Å². The highest BCUT2D eigenvalue weighted by molar-refractivity contribution is 5.68. The summed E-state index contributed by atoms with van der Waals surface area (Å²) in [6, 6.07) is 0. The number of carboxylic acid groups (broad SMARTS) is 1.